The summed E-state index contributed by atoms with van der Waals surface area (Å²) in [6.07, 6.45) is 4.18. The van der Waals surface area contributed by atoms with Gasteiger partial charge in [0.2, 0.25) is 0 Å². The third-order valence-electron chi connectivity index (χ3n) is 4.24. The van der Waals surface area contributed by atoms with Gasteiger partial charge in [0.05, 0.1) is 11.7 Å². The molecule has 23 heavy (non-hydrogen) atoms. The zero-order valence-electron chi connectivity index (χ0n) is 13.7. The van der Waals surface area contributed by atoms with Crippen LogP contribution in [-0.4, -0.2) is 34.2 Å². The number of hydrogen-bond acceptors (Lipinski definition) is 4. The van der Waals surface area contributed by atoms with E-state index in [2.05, 4.69) is 29.3 Å². The molecule has 3 rings (SSSR count). The third kappa shape index (κ3) is 3.21. The van der Waals surface area contributed by atoms with Crippen LogP contribution in [0.3, 0.4) is 0 Å². The molecule has 0 bridgehead atoms. The maximum atomic E-state index is 12.4. The Bertz CT molecular complexity index is 681. The first-order valence-corrected chi connectivity index (χ1v) is 7.84. The minimum Gasteiger partial charge on any atom is -0.361 e. The molecule has 3 heterocycles. The fourth-order valence-electron chi connectivity index (χ4n) is 3.22. The lowest BCUT2D eigenvalue weighted by molar-refractivity contribution is -0.0164. The van der Waals surface area contributed by atoms with Gasteiger partial charge in [0, 0.05) is 43.4 Å². The van der Waals surface area contributed by atoms with Crippen molar-refractivity contribution in [3.8, 4) is 0 Å². The largest absolute Gasteiger partial charge is 0.361 e. The number of hydrogen-bond donors (Lipinski definition) is 1. The fraction of sp³-hybridized carbons (Fsp3) is 0.471. The van der Waals surface area contributed by atoms with Crippen LogP contribution in [0.5, 0.6) is 0 Å². The Morgan fingerprint density at radius 1 is 1.43 bits per heavy atom. The van der Waals surface area contributed by atoms with E-state index in [1.165, 1.54) is 0 Å². The van der Waals surface area contributed by atoms with Crippen LogP contribution in [0, 0.1) is 12.3 Å². The maximum Gasteiger partial charge on any atom is 0.317 e. The molecule has 122 valence electrons. The highest BCUT2D eigenvalue weighted by atomic mass is 16.5. The van der Waals surface area contributed by atoms with Gasteiger partial charge >= 0.3 is 6.03 Å². The summed E-state index contributed by atoms with van der Waals surface area (Å²) in [6, 6.07) is 5.88. The van der Waals surface area contributed by atoms with Gasteiger partial charge in [0.25, 0.3) is 0 Å². The number of likely N-dealkylation sites (tertiary alicyclic amines) is 1. The van der Waals surface area contributed by atoms with Crippen molar-refractivity contribution < 1.29 is 9.32 Å². The molecule has 1 unspecified atom stereocenters. The number of rotatable bonds is 4. The van der Waals surface area contributed by atoms with Gasteiger partial charge in [0.1, 0.15) is 5.76 Å². The van der Waals surface area contributed by atoms with E-state index in [9.17, 15) is 4.79 Å². The van der Waals surface area contributed by atoms with Gasteiger partial charge in [-0.25, -0.2) is 4.79 Å². The highest BCUT2D eigenvalue weighted by molar-refractivity contribution is 5.76. The summed E-state index contributed by atoms with van der Waals surface area (Å²) in [4.78, 5) is 18.4. The van der Waals surface area contributed by atoms with Crippen LogP contribution in [-0.2, 0) is 6.42 Å². The highest BCUT2D eigenvalue weighted by Crippen LogP contribution is 2.47. The lowest BCUT2D eigenvalue weighted by Gasteiger charge is -2.54. The Kier molecular flexibility index (Phi) is 4.07. The molecule has 2 aromatic rings. The molecule has 2 amide bonds. The first-order chi connectivity index (χ1) is 11.0. The van der Waals surface area contributed by atoms with Crippen LogP contribution in [0.25, 0.3) is 0 Å². The van der Waals surface area contributed by atoms with Crippen molar-refractivity contribution in [1.29, 1.82) is 0 Å². The van der Waals surface area contributed by atoms with Crippen molar-refractivity contribution in [3.05, 3.63) is 47.6 Å². The van der Waals surface area contributed by atoms with Crippen LogP contribution < -0.4 is 5.32 Å². The molecule has 1 fully saturated rings. The van der Waals surface area contributed by atoms with E-state index in [0.717, 1.165) is 23.6 Å². The number of nitrogens with one attached hydrogen (secondary N) is 1. The number of amides is 2. The second-order valence-electron chi connectivity index (χ2n) is 6.72. The summed E-state index contributed by atoms with van der Waals surface area (Å²) in [6.45, 7) is 7.52. The summed E-state index contributed by atoms with van der Waals surface area (Å²) < 4.78 is 5.15. The lowest BCUT2D eigenvalue weighted by atomic mass is 9.72. The van der Waals surface area contributed by atoms with Gasteiger partial charge in [-0.1, -0.05) is 19.0 Å². The van der Waals surface area contributed by atoms with E-state index >= 15 is 0 Å². The summed E-state index contributed by atoms with van der Waals surface area (Å²) in [7, 11) is 0. The van der Waals surface area contributed by atoms with Gasteiger partial charge in [0.15, 0.2) is 0 Å². The molecule has 0 aliphatic carbocycles. The highest BCUT2D eigenvalue weighted by Gasteiger charge is 2.48. The monoisotopic (exact) mass is 314 g/mol. The van der Waals surface area contributed by atoms with Gasteiger partial charge in [-0.15, -0.1) is 0 Å². The van der Waals surface area contributed by atoms with E-state index in [1.54, 1.807) is 12.4 Å². The summed E-state index contributed by atoms with van der Waals surface area (Å²) in [5.74, 6) is 0.789. The molecular weight excluding hydrogens is 292 g/mol. The molecule has 1 saturated heterocycles. The second kappa shape index (κ2) is 6.02. The average molecular weight is 314 g/mol. The predicted molar refractivity (Wildman–Crippen MR) is 85.8 cm³/mol. The Balaban J connectivity index is 1.59. The molecule has 1 aliphatic rings. The molecular formula is C17H22N4O2. The standard InChI is InChI=1S/C17H22N4O2/c1-12-10-14(23-20-12)6-9-19-16(22)21-11-17(2,3)15(21)13-4-7-18-8-5-13/h4-5,7-8,10,15H,6,9,11H2,1-3H3,(H,19,22). The van der Waals surface area contributed by atoms with Crippen molar-refractivity contribution in [2.45, 2.75) is 33.2 Å². The molecule has 0 saturated carbocycles. The van der Waals surface area contributed by atoms with E-state index < -0.39 is 0 Å². The number of carbonyl (C=O) groups excluding carboxylic acids is 1. The topological polar surface area (TPSA) is 71.3 Å². The Hall–Kier alpha value is -2.37. The molecule has 6 nitrogen and oxygen atoms in total. The Morgan fingerprint density at radius 2 is 2.17 bits per heavy atom. The van der Waals surface area contributed by atoms with Gasteiger partial charge in [-0.3, -0.25) is 4.98 Å². The lowest BCUT2D eigenvalue weighted by Crippen LogP contribution is -2.60. The molecule has 2 aromatic heterocycles. The van der Waals surface area contributed by atoms with Crippen LogP contribution in [0.4, 0.5) is 4.79 Å². The average Bonchev–Trinajstić information content (AvgIpc) is 2.91. The predicted octanol–water partition coefficient (Wildman–Crippen LogP) is 2.71. The first kappa shape index (κ1) is 15.5. The van der Waals surface area contributed by atoms with Crippen molar-refractivity contribution >= 4 is 6.03 Å². The zero-order valence-corrected chi connectivity index (χ0v) is 13.7. The zero-order chi connectivity index (χ0) is 16.4. The van der Waals surface area contributed by atoms with E-state index in [4.69, 9.17) is 4.52 Å². The molecule has 1 atom stereocenters. The molecule has 0 radical (unpaired) electrons. The number of urea groups is 1. The molecule has 6 heteroatoms. The number of carbonyl (C=O) groups is 1. The Morgan fingerprint density at radius 3 is 2.78 bits per heavy atom. The minimum atomic E-state index is -0.0395. The first-order valence-electron chi connectivity index (χ1n) is 7.84. The van der Waals surface area contributed by atoms with Crippen LogP contribution in [0.1, 0.15) is 36.9 Å². The quantitative estimate of drug-likeness (QED) is 0.942. The van der Waals surface area contributed by atoms with E-state index in [1.807, 2.05) is 30.0 Å². The van der Waals surface area contributed by atoms with Gasteiger partial charge in [-0.05, 0) is 24.6 Å². The van der Waals surface area contributed by atoms with Crippen molar-refractivity contribution in [2.24, 2.45) is 5.41 Å². The van der Waals surface area contributed by atoms with Gasteiger partial charge in [-0.2, -0.15) is 0 Å². The summed E-state index contributed by atoms with van der Waals surface area (Å²) in [5, 5.41) is 6.81. The Labute approximate surface area is 135 Å². The molecule has 0 spiro atoms. The van der Waals surface area contributed by atoms with Crippen molar-refractivity contribution in [1.82, 2.24) is 20.4 Å². The normalized spacial score (nSPS) is 19.3. The fourth-order valence-corrected chi connectivity index (χ4v) is 3.22. The molecule has 1 N–H and O–H groups in total. The smallest absolute Gasteiger partial charge is 0.317 e. The van der Waals surface area contributed by atoms with Crippen LogP contribution >= 0.6 is 0 Å². The van der Waals surface area contributed by atoms with E-state index in [0.29, 0.717) is 13.0 Å². The minimum absolute atomic E-state index is 0.0395. The molecule has 0 aromatic carbocycles. The number of aryl methyl sites for hydroxylation is 1. The maximum absolute atomic E-state index is 12.4. The van der Waals surface area contributed by atoms with Gasteiger partial charge < -0.3 is 14.7 Å². The third-order valence-corrected chi connectivity index (χ3v) is 4.24. The van der Waals surface area contributed by atoms with Crippen LogP contribution in [0.2, 0.25) is 0 Å². The molecule has 1 aliphatic heterocycles. The summed E-state index contributed by atoms with van der Waals surface area (Å²) in [5.41, 5.74) is 2.05. The number of aromatic nitrogens is 2. The van der Waals surface area contributed by atoms with Crippen molar-refractivity contribution in [3.63, 3.8) is 0 Å². The van der Waals surface area contributed by atoms with Crippen LogP contribution in [0.15, 0.2) is 35.1 Å². The number of pyridine rings is 1. The number of nitrogens with zero attached hydrogens (tertiary/aromatic N) is 3. The second-order valence-corrected chi connectivity index (χ2v) is 6.72. The summed E-state index contributed by atoms with van der Waals surface area (Å²) >= 11 is 0. The van der Waals surface area contributed by atoms with Crippen molar-refractivity contribution in [2.75, 3.05) is 13.1 Å². The van der Waals surface area contributed by atoms with E-state index in [-0.39, 0.29) is 17.5 Å². The SMILES string of the molecule is Cc1cc(CCNC(=O)N2CC(C)(C)C2c2ccncc2)on1.